The normalized spacial score (nSPS) is 23.2. The van der Waals surface area contributed by atoms with Gasteiger partial charge in [-0.2, -0.15) is 0 Å². The number of halogens is 2. The van der Waals surface area contributed by atoms with Gasteiger partial charge in [-0.3, -0.25) is 4.79 Å². The Kier molecular flexibility index (Phi) is 4.58. The van der Waals surface area contributed by atoms with Gasteiger partial charge in [-0.25, -0.2) is 4.39 Å². The molecule has 1 heterocycles. The maximum absolute atomic E-state index is 13.3. The summed E-state index contributed by atoms with van der Waals surface area (Å²) in [5, 5.41) is 2.89. The van der Waals surface area contributed by atoms with E-state index in [1.54, 1.807) is 13.0 Å². The first kappa shape index (κ1) is 14.5. The quantitative estimate of drug-likeness (QED) is 0.901. The van der Waals surface area contributed by atoms with Crippen molar-refractivity contribution in [2.24, 2.45) is 11.8 Å². The van der Waals surface area contributed by atoms with Gasteiger partial charge in [-0.05, 0) is 52.9 Å². The van der Waals surface area contributed by atoms with E-state index in [-0.39, 0.29) is 23.6 Å². The van der Waals surface area contributed by atoms with Crippen molar-refractivity contribution in [1.29, 1.82) is 0 Å². The predicted octanol–water partition coefficient (Wildman–Crippen LogP) is 3.51. The van der Waals surface area contributed by atoms with Crippen molar-refractivity contribution in [3.63, 3.8) is 0 Å². The van der Waals surface area contributed by atoms with Gasteiger partial charge in [-0.1, -0.05) is 6.92 Å². The zero-order valence-electron chi connectivity index (χ0n) is 11.0. The lowest BCUT2D eigenvalue weighted by atomic mass is 9.89. The Morgan fingerprint density at radius 1 is 1.53 bits per heavy atom. The van der Waals surface area contributed by atoms with Gasteiger partial charge >= 0.3 is 0 Å². The van der Waals surface area contributed by atoms with E-state index in [0.29, 0.717) is 28.9 Å². The van der Waals surface area contributed by atoms with Crippen LogP contribution in [-0.4, -0.2) is 19.1 Å². The minimum Gasteiger partial charge on any atom is -0.381 e. The van der Waals surface area contributed by atoms with E-state index in [0.717, 1.165) is 6.42 Å². The maximum atomic E-state index is 13.3. The highest BCUT2D eigenvalue weighted by molar-refractivity contribution is 9.10. The SMILES string of the molecule is Cc1cc(F)c(Br)cc1NC(=O)C1CCOCC1C. The van der Waals surface area contributed by atoms with Crippen LogP contribution in [0.2, 0.25) is 0 Å². The first-order valence-electron chi connectivity index (χ1n) is 6.33. The number of carbonyl (C=O) groups excluding carboxylic acids is 1. The first-order chi connectivity index (χ1) is 8.99. The number of nitrogens with one attached hydrogen (secondary N) is 1. The molecular formula is C14H17BrFNO2. The monoisotopic (exact) mass is 329 g/mol. The molecule has 1 fully saturated rings. The molecule has 1 aromatic rings. The van der Waals surface area contributed by atoms with Crippen LogP contribution in [0.4, 0.5) is 10.1 Å². The predicted molar refractivity (Wildman–Crippen MR) is 75.6 cm³/mol. The molecule has 5 heteroatoms. The number of anilines is 1. The minimum atomic E-state index is -0.324. The summed E-state index contributed by atoms with van der Waals surface area (Å²) in [4.78, 5) is 12.3. The molecule has 104 valence electrons. The van der Waals surface area contributed by atoms with Gasteiger partial charge in [0.1, 0.15) is 5.82 Å². The summed E-state index contributed by atoms with van der Waals surface area (Å²) in [5.41, 5.74) is 1.37. The second-order valence-corrected chi connectivity index (χ2v) is 5.87. The van der Waals surface area contributed by atoms with Crippen LogP contribution in [-0.2, 0) is 9.53 Å². The van der Waals surface area contributed by atoms with Crippen LogP contribution in [0.25, 0.3) is 0 Å². The molecule has 1 amide bonds. The first-order valence-corrected chi connectivity index (χ1v) is 7.12. The Labute approximate surface area is 120 Å². The Morgan fingerprint density at radius 3 is 2.95 bits per heavy atom. The van der Waals surface area contributed by atoms with Gasteiger partial charge in [0.15, 0.2) is 0 Å². The van der Waals surface area contributed by atoms with Crippen molar-refractivity contribution in [3.05, 3.63) is 28.0 Å². The summed E-state index contributed by atoms with van der Waals surface area (Å²) in [5.74, 6) is -0.178. The molecule has 0 aliphatic carbocycles. The van der Waals surface area contributed by atoms with E-state index in [4.69, 9.17) is 4.74 Å². The summed E-state index contributed by atoms with van der Waals surface area (Å²) in [7, 11) is 0. The Morgan fingerprint density at radius 2 is 2.26 bits per heavy atom. The molecule has 19 heavy (non-hydrogen) atoms. The fourth-order valence-corrected chi connectivity index (χ4v) is 2.62. The third-order valence-electron chi connectivity index (χ3n) is 3.50. The van der Waals surface area contributed by atoms with E-state index in [1.165, 1.54) is 6.07 Å². The number of ether oxygens (including phenoxy) is 1. The molecule has 1 aliphatic rings. The zero-order chi connectivity index (χ0) is 14.0. The summed E-state index contributed by atoms with van der Waals surface area (Å²) < 4.78 is 19.0. The average molecular weight is 330 g/mol. The summed E-state index contributed by atoms with van der Waals surface area (Å²) in [6, 6.07) is 3.01. The second kappa shape index (κ2) is 6.01. The topological polar surface area (TPSA) is 38.3 Å². The van der Waals surface area contributed by atoms with Gasteiger partial charge in [0, 0.05) is 24.8 Å². The summed E-state index contributed by atoms with van der Waals surface area (Å²) in [6.07, 6.45) is 0.731. The molecule has 1 N–H and O–H groups in total. The Balaban J connectivity index is 2.12. The van der Waals surface area contributed by atoms with Crippen LogP contribution in [0.5, 0.6) is 0 Å². The molecule has 2 unspecified atom stereocenters. The molecule has 1 aromatic carbocycles. The van der Waals surface area contributed by atoms with Gasteiger partial charge in [-0.15, -0.1) is 0 Å². The van der Waals surface area contributed by atoms with E-state index >= 15 is 0 Å². The zero-order valence-corrected chi connectivity index (χ0v) is 12.6. The van der Waals surface area contributed by atoms with Crippen molar-refractivity contribution in [1.82, 2.24) is 0 Å². The second-order valence-electron chi connectivity index (χ2n) is 5.02. The van der Waals surface area contributed by atoms with E-state index < -0.39 is 0 Å². The largest absolute Gasteiger partial charge is 0.381 e. The number of benzene rings is 1. The van der Waals surface area contributed by atoms with Crippen molar-refractivity contribution in [2.75, 3.05) is 18.5 Å². The fraction of sp³-hybridized carbons (Fsp3) is 0.500. The lowest BCUT2D eigenvalue weighted by molar-refractivity contribution is -0.125. The van der Waals surface area contributed by atoms with Gasteiger partial charge < -0.3 is 10.1 Å². The molecule has 1 aliphatic heterocycles. The number of aryl methyl sites for hydroxylation is 1. The highest BCUT2D eigenvalue weighted by Crippen LogP contribution is 2.27. The average Bonchev–Trinajstić information content (AvgIpc) is 2.36. The van der Waals surface area contributed by atoms with Crippen LogP contribution < -0.4 is 5.32 Å². The van der Waals surface area contributed by atoms with E-state index in [2.05, 4.69) is 21.2 Å². The highest BCUT2D eigenvalue weighted by Gasteiger charge is 2.28. The number of hydrogen-bond donors (Lipinski definition) is 1. The van der Waals surface area contributed by atoms with Crippen molar-refractivity contribution < 1.29 is 13.9 Å². The third kappa shape index (κ3) is 3.34. The number of rotatable bonds is 2. The maximum Gasteiger partial charge on any atom is 0.227 e. The molecule has 3 nitrogen and oxygen atoms in total. The molecule has 1 saturated heterocycles. The van der Waals surface area contributed by atoms with E-state index in [9.17, 15) is 9.18 Å². The summed E-state index contributed by atoms with van der Waals surface area (Å²) >= 11 is 3.13. The van der Waals surface area contributed by atoms with Gasteiger partial charge in [0.05, 0.1) is 4.47 Å². The lowest BCUT2D eigenvalue weighted by Crippen LogP contribution is -2.35. The van der Waals surface area contributed by atoms with Crippen LogP contribution in [0.15, 0.2) is 16.6 Å². The lowest BCUT2D eigenvalue weighted by Gasteiger charge is -2.28. The number of carbonyl (C=O) groups is 1. The van der Waals surface area contributed by atoms with Gasteiger partial charge in [0.25, 0.3) is 0 Å². The Hall–Kier alpha value is -0.940. The van der Waals surface area contributed by atoms with Crippen LogP contribution in [0, 0.1) is 24.6 Å². The molecule has 0 bridgehead atoms. The molecule has 0 spiro atoms. The third-order valence-corrected chi connectivity index (χ3v) is 4.11. The van der Waals surface area contributed by atoms with Gasteiger partial charge in [0.2, 0.25) is 5.91 Å². The van der Waals surface area contributed by atoms with Crippen LogP contribution >= 0.6 is 15.9 Å². The van der Waals surface area contributed by atoms with Crippen molar-refractivity contribution in [2.45, 2.75) is 20.3 Å². The Bertz CT molecular complexity index is 493. The molecular weight excluding hydrogens is 313 g/mol. The molecule has 0 radical (unpaired) electrons. The smallest absolute Gasteiger partial charge is 0.227 e. The molecule has 0 aromatic heterocycles. The molecule has 2 rings (SSSR count). The fourth-order valence-electron chi connectivity index (χ4n) is 2.28. The number of amides is 1. The number of hydrogen-bond acceptors (Lipinski definition) is 2. The van der Waals surface area contributed by atoms with Crippen LogP contribution in [0.1, 0.15) is 18.9 Å². The summed E-state index contributed by atoms with van der Waals surface area (Å²) in [6.45, 7) is 5.02. The van der Waals surface area contributed by atoms with Crippen molar-refractivity contribution in [3.8, 4) is 0 Å². The standard InChI is InChI=1S/C14H17BrFNO2/c1-8-5-12(16)11(15)6-13(8)17-14(18)10-3-4-19-7-9(10)2/h5-6,9-10H,3-4,7H2,1-2H3,(H,17,18). The van der Waals surface area contributed by atoms with Crippen molar-refractivity contribution >= 4 is 27.5 Å². The minimum absolute atomic E-state index is 0.0163. The highest BCUT2D eigenvalue weighted by atomic mass is 79.9. The van der Waals surface area contributed by atoms with Crippen LogP contribution in [0.3, 0.4) is 0 Å². The molecule has 0 saturated carbocycles. The van der Waals surface area contributed by atoms with E-state index in [1.807, 2.05) is 6.92 Å². The molecule has 2 atom stereocenters.